The number of rotatable bonds is 8. The molecule has 0 spiro atoms. The summed E-state index contributed by atoms with van der Waals surface area (Å²) in [5, 5.41) is 38.6. The molecule has 8 nitrogen and oxygen atoms in total. The molecule has 1 aromatic heterocycles. The van der Waals surface area contributed by atoms with Gasteiger partial charge in [0.1, 0.15) is 23.5 Å². The predicted octanol–water partition coefficient (Wildman–Crippen LogP) is 2.92. The van der Waals surface area contributed by atoms with E-state index in [-0.39, 0.29) is 49.0 Å². The molecular formula is C28H28F2N2O6. The number of nitrogens with zero attached hydrogens (tertiary/aromatic N) is 1. The van der Waals surface area contributed by atoms with Crippen molar-refractivity contribution < 1.29 is 38.7 Å². The van der Waals surface area contributed by atoms with Crippen molar-refractivity contribution in [3.05, 3.63) is 71.8 Å². The van der Waals surface area contributed by atoms with Crippen LogP contribution in [0.25, 0.3) is 33.3 Å². The molecular weight excluding hydrogens is 498 g/mol. The molecule has 0 aliphatic carbocycles. The number of hydrogen-bond donors (Lipinski definition) is 5. The molecule has 10 heteroatoms. The van der Waals surface area contributed by atoms with Crippen LogP contribution < -0.4 is 4.74 Å². The number of H-pyrrole nitrogens is 1. The molecule has 1 aliphatic rings. The van der Waals surface area contributed by atoms with E-state index in [1.54, 1.807) is 31.2 Å². The lowest BCUT2D eigenvalue weighted by atomic mass is 9.83. The summed E-state index contributed by atoms with van der Waals surface area (Å²) in [7, 11) is 0. The highest BCUT2D eigenvalue weighted by Gasteiger charge is 2.37. The lowest BCUT2D eigenvalue weighted by molar-refractivity contribution is -0.00390. The van der Waals surface area contributed by atoms with Gasteiger partial charge in [-0.25, -0.2) is 8.78 Å². The van der Waals surface area contributed by atoms with Crippen LogP contribution in [0.2, 0.25) is 0 Å². The smallest absolute Gasteiger partial charge is 0.295 e. The van der Waals surface area contributed by atoms with Gasteiger partial charge in [-0.15, -0.1) is 0 Å². The Morgan fingerprint density at radius 3 is 2.18 bits per heavy atom. The molecule has 3 atom stereocenters. The highest BCUT2D eigenvalue weighted by atomic mass is 19.1. The zero-order chi connectivity index (χ0) is 27.0. The second kappa shape index (κ2) is 10.4. The van der Waals surface area contributed by atoms with E-state index in [9.17, 15) is 20.4 Å². The number of benzene rings is 3. The van der Waals surface area contributed by atoms with Gasteiger partial charge in [0.25, 0.3) is 6.01 Å². The van der Waals surface area contributed by atoms with Crippen LogP contribution in [0.15, 0.2) is 54.6 Å². The molecule has 4 aromatic rings. The molecule has 3 aromatic carbocycles. The van der Waals surface area contributed by atoms with Gasteiger partial charge in [0, 0.05) is 11.5 Å². The minimum Gasteiger partial charge on any atom is -0.456 e. The number of aromatic amines is 1. The van der Waals surface area contributed by atoms with E-state index in [4.69, 9.17) is 9.47 Å². The summed E-state index contributed by atoms with van der Waals surface area (Å²) in [6, 6.07) is 15.2. The van der Waals surface area contributed by atoms with Crippen molar-refractivity contribution in [1.29, 1.82) is 0 Å². The number of hydrogen-bond acceptors (Lipinski definition) is 7. The lowest BCUT2D eigenvalue weighted by Gasteiger charge is -2.25. The third-order valence-electron chi connectivity index (χ3n) is 7.11. The van der Waals surface area contributed by atoms with Gasteiger partial charge in [-0.05, 0) is 22.3 Å². The Hall–Kier alpha value is -3.41. The first-order chi connectivity index (χ1) is 18.3. The molecule has 0 bridgehead atoms. The second-order valence-corrected chi connectivity index (χ2v) is 9.72. The van der Waals surface area contributed by atoms with Crippen LogP contribution in [0.5, 0.6) is 6.01 Å². The molecule has 1 aliphatic heterocycles. The van der Waals surface area contributed by atoms with Crippen molar-refractivity contribution in [2.45, 2.75) is 30.7 Å². The highest BCUT2D eigenvalue weighted by Crippen LogP contribution is 2.34. The van der Waals surface area contributed by atoms with E-state index in [0.717, 1.165) is 22.8 Å². The van der Waals surface area contributed by atoms with Gasteiger partial charge in [-0.1, -0.05) is 55.5 Å². The summed E-state index contributed by atoms with van der Waals surface area (Å²) >= 11 is 0. The first-order valence-electron chi connectivity index (χ1n) is 12.2. The van der Waals surface area contributed by atoms with Gasteiger partial charge < -0.3 is 34.9 Å². The average Bonchev–Trinajstić information content (AvgIpc) is 3.51. The number of aromatic nitrogens is 2. The first kappa shape index (κ1) is 26.2. The average molecular weight is 527 g/mol. The van der Waals surface area contributed by atoms with Gasteiger partial charge in [0.05, 0.1) is 37.5 Å². The fourth-order valence-corrected chi connectivity index (χ4v) is 4.57. The van der Waals surface area contributed by atoms with Crippen molar-refractivity contribution in [1.82, 2.24) is 9.97 Å². The Morgan fingerprint density at radius 1 is 1.00 bits per heavy atom. The summed E-state index contributed by atoms with van der Waals surface area (Å²) in [4.78, 5) is 6.83. The van der Waals surface area contributed by atoms with Crippen LogP contribution in [-0.2, 0) is 10.2 Å². The SMILES string of the molecule is CC(CO)(CO)c1ccc(-c2ccc(-c3c(F)cc4[nH]c(O[C@@H]5CO[C@H](CO)C5O)nc4c3F)cc2)cc1. The number of halogens is 2. The Bertz CT molecular complexity index is 1420. The number of ether oxygens (including phenoxy) is 2. The maximum absolute atomic E-state index is 15.5. The van der Waals surface area contributed by atoms with E-state index in [1.165, 1.54) is 0 Å². The van der Waals surface area contributed by atoms with Gasteiger partial charge in [-0.2, -0.15) is 4.98 Å². The zero-order valence-corrected chi connectivity index (χ0v) is 20.6. The van der Waals surface area contributed by atoms with E-state index in [2.05, 4.69) is 9.97 Å². The second-order valence-electron chi connectivity index (χ2n) is 9.72. The summed E-state index contributed by atoms with van der Waals surface area (Å²) < 4.78 is 41.3. The summed E-state index contributed by atoms with van der Waals surface area (Å²) in [6.45, 7) is 1.03. The molecule has 0 saturated carbocycles. The molecule has 38 heavy (non-hydrogen) atoms. The molecule has 1 fully saturated rings. The maximum Gasteiger partial charge on any atom is 0.295 e. The monoisotopic (exact) mass is 526 g/mol. The minimum absolute atomic E-state index is 0.0167. The van der Waals surface area contributed by atoms with Crippen molar-refractivity contribution in [3.63, 3.8) is 0 Å². The van der Waals surface area contributed by atoms with Crippen molar-refractivity contribution in [2.24, 2.45) is 0 Å². The van der Waals surface area contributed by atoms with Gasteiger partial charge in [-0.3, -0.25) is 0 Å². The third kappa shape index (κ3) is 4.65. The fourth-order valence-electron chi connectivity index (χ4n) is 4.57. The van der Waals surface area contributed by atoms with Crippen molar-refractivity contribution in [3.8, 4) is 28.3 Å². The normalized spacial score (nSPS) is 19.8. The Morgan fingerprint density at radius 2 is 1.61 bits per heavy atom. The number of imidazole rings is 1. The lowest BCUT2D eigenvalue weighted by Crippen LogP contribution is -2.36. The predicted molar refractivity (Wildman–Crippen MR) is 136 cm³/mol. The zero-order valence-electron chi connectivity index (χ0n) is 20.6. The largest absolute Gasteiger partial charge is 0.456 e. The Kier molecular flexibility index (Phi) is 7.17. The third-order valence-corrected chi connectivity index (χ3v) is 7.11. The van der Waals surface area contributed by atoms with Crippen LogP contribution in [-0.4, -0.2) is 75.1 Å². The van der Waals surface area contributed by atoms with Crippen LogP contribution in [0.4, 0.5) is 8.78 Å². The van der Waals surface area contributed by atoms with Crippen molar-refractivity contribution in [2.75, 3.05) is 26.4 Å². The topological polar surface area (TPSA) is 128 Å². The first-order valence-corrected chi connectivity index (χ1v) is 12.2. The van der Waals surface area contributed by atoms with Crippen molar-refractivity contribution >= 4 is 11.0 Å². The van der Waals surface area contributed by atoms with Crippen LogP contribution in [0.1, 0.15) is 12.5 Å². The van der Waals surface area contributed by atoms with E-state index >= 15 is 8.78 Å². The van der Waals surface area contributed by atoms with Gasteiger partial charge >= 0.3 is 0 Å². The number of aliphatic hydroxyl groups is 4. The number of fused-ring (bicyclic) bond motifs is 1. The Balaban J connectivity index is 1.40. The number of nitrogens with one attached hydrogen (secondary N) is 1. The molecule has 1 unspecified atom stereocenters. The van der Waals surface area contributed by atoms with Crippen LogP contribution in [0.3, 0.4) is 0 Å². The van der Waals surface area contributed by atoms with E-state index < -0.39 is 35.4 Å². The summed E-state index contributed by atoms with van der Waals surface area (Å²) in [5.74, 6) is -1.63. The standard InChI is InChI=1S/C28H28F2N2O6/c1-28(13-34,14-35)18-8-6-16(7-9-18)15-2-4-17(5-3-15)23-19(29)10-20-25(24(23)30)32-27(31-20)38-22-12-37-21(11-33)26(22)36/h2-10,21-22,26,33-36H,11-14H2,1H3,(H,31,32)/t21-,22-,26?/m1/s1. The van der Waals surface area contributed by atoms with E-state index in [0.29, 0.717) is 5.56 Å². The Labute approximate surface area is 217 Å². The quantitative estimate of drug-likeness (QED) is 0.239. The minimum atomic E-state index is -1.09. The van der Waals surface area contributed by atoms with Gasteiger partial charge in [0.2, 0.25) is 0 Å². The molecule has 200 valence electrons. The summed E-state index contributed by atoms with van der Waals surface area (Å²) in [6.07, 6.45) is -2.69. The fraction of sp³-hybridized carbons (Fsp3) is 0.321. The number of aliphatic hydroxyl groups excluding tert-OH is 4. The van der Waals surface area contributed by atoms with Crippen LogP contribution in [0, 0.1) is 11.6 Å². The molecule has 0 amide bonds. The molecule has 5 N–H and O–H groups in total. The van der Waals surface area contributed by atoms with Gasteiger partial charge in [0.15, 0.2) is 11.9 Å². The molecule has 1 saturated heterocycles. The molecule has 0 radical (unpaired) electrons. The maximum atomic E-state index is 15.5. The summed E-state index contributed by atoms with van der Waals surface area (Å²) in [5.41, 5.74) is 1.82. The van der Waals surface area contributed by atoms with Crippen LogP contribution >= 0.6 is 0 Å². The molecule has 2 heterocycles. The highest BCUT2D eigenvalue weighted by molar-refractivity contribution is 5.84. The molecule has 5 rings (SSSR count). The van der Waals surface area contributed by atoms with E-state index in [1.807, 2.05) is 24.3 Å².